The van der Waals surface area contributed by atoms with E-state index in [0.717, 1.165) is 17.8 Å². The van der Waals surface area contributed by atoms with Crippen molar-refractivity contribution >= 4 is 11.2 Å². The average Bonchev–Trinajstić information content (AvgIpc) is 3.36. The fraction of sp³-hybridized carbons (Fsp3) is 0.300. The van der Waals surface area contributed by atoms with Crippen LogP contribution in [-0.4, -0.2) is 28.9 Å². The van der Waals surface area contributed by atoms with E-state index >= 15 is 0 Å². The van der Waals surface area contributed by atoms with Crippen LogP contribution in [0.3, 0.4) is 0 Å². The smallest absolute Gasteiger partial charge is 0.331 e. The maximum absolute atomic E-state index is 12.9. The Hall–Kier alpha value is -3.42. The second-order valence-electron chi connectivity index (χ2n) is 6.64. The van der Waals surface area contributed by atoms with Gasteiger partial charge in [0.05, 0.1) is 11.9 Å². The van der Waals surface area contributed by atoms with Gasteiger partial charge < -0.3 is 4.98 Å². The molecule has 0 saturated carbocycles. The van der Waals surface area contributed by atoms with Crippen molar-refractivity contribution in [2.45, 2.75) is 39.8 Å². The van der Waals surface area contributed by atoms with Crippen LogP contribution in [0.5, 0.6) is 0 Å². The number of fused-ring (bicyclic) bond motifs is 1. The number of hydrogen-bond acceptors (Lipinski definition) is 4. The summed E-state index contributed by atoms with van der Waals surface area (Å²) in [5, 5.41) is 4.38. The van der Waals surface area contributed by atoms with Crippen LogP contribution < -0.4 is 11.2 Å². The molecule has 3 aromatic heterocycles. The number of nitrogens with zero attached hydrogens (tertiary/aromatic N) is 5. The summed E-state index contributed by atoms with van der Waals surface area (Å²) in [6, 6.07) is 11.5. The Morgan fingerprint density at radius 3 is 2.39 bits per heavy atom. The molecule has 0 amide bonds. The lowest BCUT2D eigenvalue weighted by atomic mass is 10.3. The molecule has 0 aliphatic rings. The zero-order valence-corrected chi connectivity index (χ0v) is 15.9. The Bertz CT molecular complexity index is 1230. The summed E-state index contributed by atoms with van der Waals surface area (Å²) >= 11 is 0. The molecule has 4 aromatic rings. The predicted octanol–water partition coefficient (Wildman–Crippen LogP) is 2.56. The van der Waals surface area contributed by atoms with Gasteiger partial charge in [-0.1, -0.05) is 32.0 Å². The molecule has 1 N–H and O–H groups in total. The van der Waals surface area contributed by atoms with Crippen LogP contribution in [-0.2, 0) is 13.1 Å². The first-order valence-corrected chi connectivity index (χ1v) is 9.48. The molecule has 0 fully saturated rings. The Balaban J connectivity index is 1.96. The largest absolute Gasteiger partial charge is 0.332 e. The lowest BCUT2D eigenvalue weighted by Crippen LogP contribution is -2.40. The van der Waals surface area contributed by atoms with Crippen LogP contribution in [0.4, 0.5) is 0 Å². The highest BCUT2D eigenvalue weighted by Crippen LogP contribution is 2.21. The molecule has 4 rings (SSSR count). The van der Waals surface area contributed by atoms with E-state index in [1.54, 1.807) is 15.4 Å². The Morgan fingerprint density at radius 1 is 0.964 bits per heavy atom. The summed E-state index contributed by atoms with van der Waals surface area (Å²) in [6.07, 6.45) is 3.15. The third-order valence-corrected chi connectivity index (χ3v) is 4.64. The topological polar surface area (TPSA) is 90.5 Å². The molecule has 8 heteroatoms. The molecule has 1 aromatic carbocycles. The molecular weight excluding hydrogens is 356 g/mol. The average molecular weight is 378 g/mol. The summed E-state index contributed by atoms with van der Waals surface area (Å²) < 4.78 is 4.62. The van der Waals surface area contributed by atoms with E-state index in [2.05, 4.69) is 15.1 Å². The van der Waals surface area contributed by atoms with Crippen molar-refractivity contribution < 1.29 is 0 Å². The van der Waals surface area contributed by atoms with Crippen molar-refractivity contribution in [1.29, 1.82) is 0 Å². The van der Waals surface area contributed by atoms with E-state index in [9.17, 15) is 9.59 Å². The van der Waals surface area contributed by atoms with Gasteiger partial charge in [0.15, 0.2) is 11.5 Å². The Kier molecular flexibility index (Phi) is 4.68. The van der Waals surface area contributed by atoms with Crippen LogP contribution in [0.2, 0.25) is 0 Å². The van der Waals surface area contributed by atoms with E-state index in [0.29, 0.717) is 36.5 Å². The second kappa shape index (κ2) is 7.30. The second-order valence-corrected chi connectivity index (χ2v) is 6.64. The van der Waals surface area contributed by atoms with Gasteiger partial charge in [0.25, 0.3) is 5.56 Å². The molecule has 8 nitrogen and oxygen atoms in total. The van der Waals surface area contributed by atoms with Crippen LogP contribution in [0, 0.1) is 0 Å². The minimum atomic E-state index is -0.335. The molecule has 0 atom stereocenters. The number of imidazole rings is 1. The summed E-state index contributed by atoms with van der Waals surface area (Å²) in [5.41, 5.74) is 1.70. The summed E-state index contributed by atoms with van der Waals surface area (Å²) in [4.78, 5) is 33.5. The number of aryl methyl sites for hydroxylation is 1. The lowest BCUT2D eigenvalue weighted by Gasteiger charge is -2.09. The lowest BCUT2D eigenvalue weighted by molar-refractivity contribution is 0.555. The quantitative estimate of drug-likeness (QED) is 0.558. The SMILES string of the molecule is CCCn1c(=O)c2[nH]c(-c3ccnn3-c3ccccc3)nc2n(CCC)c1=O. The molecule has 0 spiro atoms. The van der Waals surface area contributed by atoms with E-state index in [1.165, 1.54) is 4.57 Å². The minimum Gasteiger partial charge on any atom is -0.331 e. The minimum absolute atomic E-state index is 0.309. The van der Waals surface area contributed by atoms with Crippen molar-refractivity contribution in [3.63, 3.8) is 0 Å². The fourth-order valence-corrected chi connectivity index (χ4v) is 3.39. The number of para-hydroxylation sites is 1. The van der Waals surface area contributed by atoms with Crippen molar-refractivity contribution in [2.24, 2.45) is 0 Å². The highest BCUT2D eigenvalue weighted by atomic mass is 16.2. The van der Waals surface area contributed by atoms with Crippen molar-refractivity contribution in [1.82, 2.24) is 28.9 Å². The van der Waals surface area contributed by atoms with Gasteiger partial charge in [0, 0.05) is 13.1 Å². The highest BCUT2D eigenvalue weighted by Gasteiger charge is 2.19. The zero-order valence-electron chi connectivity index (χ0n) is 15.9. The first kappa shape index (κ1) is 18.0. The predicted molar refractivity (Wildman–Crippen MR) is 108 cm³/mol. The highest BCUT2D eigenvalue weighted by molar-refractivity contribution is 5.75. The van der Waals surface area contributed by atoms with Gasteiger partial charge in [0.1, 0.15) is 11.2 Å². The van der Waals surface area contributed by atoms with E-state index < -0.39 is 0 Å². The van der Waals surface area contributed by atoms with E-state index in [-0.39, 0.29) is 11.2 Å². The molecule has 0 unspecified atom stereocenters. The molecule has 0 aliphatic carbocycles. The van der Waals surface area contributed by atoms with Crippen LogP contribution in [0.1, 0.15) is 26.7 Å². The van der Waals surface area contributed by atoms with Crippen molar-refractivity contribution in [3.8, 4) is 17.2 Å². The number of nitrogens with one attached hydrogen (secondary N) is 1. The standard InChI is InChI=1S/C20H22N6O2/c1-3-12-24-18-16(19(27)25(13-4-2)20(24)28)22-17(23-18)15-10-11-21-26(15)14-8-6-5-7-9-14/h5-11H,3-4,12-13H2,1-2H3,(H,22,23). The van der Waals surface area contributed by atoms with E-state index in [1.807, 2.05) is 50.2 Å². The number of hydrogen-bond donors (Lipinski definition) is 1. The van der Waals surface area contributed by atoms with Crippen LogP contribution >= 0.6 is 0 Å². The molecule has 0 saturated heterocycles. The number of aromatic nitrogens is 6. The zero-order chi connectivity index (χ0) is 19.7. The van der Waals surface area contributed by atoms with Gasteiger partial charge in [-0.2, -0.15) is 5.10 Å². The molecule has 0 bridgehead atoms. The Labute approximate surface area is 161 Å². The number of benzene rings is 1. The first-order valence-electron chi connectivity index (χ1n) is 9.48. The first-order chi connectivity index (χ1) is 13.7. The molecule has 28 heavy (non-hydrogen) atoms. The maximum atomic E-state index is 12.9. The number of rotatable bonds is 6. The van der Waals surface area contributed by atoms with Crippen LogP contribution in [0.25, 0.3) is 28.4 Å². The van der Waals surface area contributed by atoms with Gasteiger partial charge in [-0.15, -0.1) is 0 Å². The summed E-state index contributed by atoms with van der Waals surface area (Å²) in [5.74, 6) is 0.506. The molecule has 0 radical (unpaired) electrons. The number of aromatic amines is 1. The maximum Gasteiger partial charge on any atom is 0.332 e. The Morgan fingerprint density at radius 2 is 1.68 bits per heavy atom. The molecule has 144 valence electrons. The van der Waals surface area contributed by atoms with Gasteiger partial charge in [-0.25, -0.2) is 14.5 Å². The summed E-state index contributed by atoms with van der Waals surface area (Å²) in [6.45, 7) is 4.82. The van der Waals surface area contributed by atoms with Gasteiger partial charge >= 0.3 is 5.69 Å². The number of H-pyrrole nitrogens is 1. The molecule has 3 heterocycles. The third kappa shape index (κ3) is 2.87. The molecule has 0 aliphatic heterocycles. The summed E-state index contributed by atoms with van der Waals surface area (Å²) in [7, 11) is 0. The van der Waals surface area contributed by atoms with Crippen molar-refractivity contribution in [3.05, 3.63) is 63.4 Å². The van der Waals surface area contributed by atoms with Gasteiger partial charge in [0.2, 0.25) is 0 Å². The van der Waals surface area contributed by atoms with Crippen LogP contribution in [0.15, 0.2) is 52.2 Å². The fourth-order valence-electron chi connectivity index (χ4n) is 3.39. The van der Waals surface area contributed by atoms with Gasteiger partial charge in [-0.05, 0) is 31.0 Å². The normalized spacial score (nSPS) is 11.4. The van der Waals surface area contributed by atoms with Crippen molar-refractivity contribution in [2.75, 3.05) is 0 Å². The monoisotopic (exact) mass is 378 g/mol. The van der Waals surface area contributed by atoms with E-state index in [4.69, 9.17) is 0 Å². The third-order valence-electron chi connectivity index (χ3n) is 4.64. The molecular formula is C20H22N6O2. The van der Waals surface area contributed by atoms with Gasteiger partial charge in [-0.3, -0.25) is 13.9 Å².